The van der Waals surface area contributed by atoms with E-state index in [4.69, 9.17) is 5.11 Å². The van der Waals surface area contributed by atoms with Crippen LogP contribution in [0.15, 0.2) is 42.5 Å². The molecule has 1 aliphatic rings. The minimum absolute atomic E-state index is 0.0698. The number of hydrogen-bond acceptors (Lipinski definition) is 3. The van der Waals surface area contributed by atoms with E-state index in [2.05, 4.69) is 10.3 Å². The second-order valence-electron chi connectivity index (χ2n) is 6.11. The Balaban J connectivity index is 1.76. The quantitative estimate of drug-likeness (QED) is 0.884. The molecule has 24 heavy (non-hydrogen) atoms. The minimum atomic E-state index is -1.18. The van der Waals surface area contributed by atoms with Crippen molar-refractivity contribution < 1.29 is 19.1 Å². The van der Waals surface area contributed by atoms with E-state index >= 15 is 0 Å². The average Bonchev–Trinajstić information content (AvgIpc) is 2.53. The number of hydrogen-bond donors (Lipinski definition) is 2. The van der Waals surface area contributed by atoms with Gasteiger partial charge in [-0.2, -0.15) is 0 Å². The molecule has 124 valence electrons. The standard InChI is InChI=1S/C18H17FN2O3/c19-13-5-1-4-12(10-13)11-18(8-3-9-18)21-16(22)14-6-2-7-15(20-14)17(23)24/h1-2,4-7,10H,3,8-9,11H2,(H,21,22)(H,23,24). The van der Waals surface area contributed by atoms with Crippen LogP contribution in [0.1, 0.15) is 45.8 Å². The third kappa shape index (κ3) is 3.42. The van der Waals surface area contributed by atoms with Crippen LogP contribution in [0.5, 0.6) is 0 Å². The third-order valence-electron chi connectivity index (χ3n) is 4.32. The molecule has 0 saturated heterocycles. The van der Waals surface area contributed by atoms with Crippen LogP contribution in [0.25, 0.3) is 0 Å². The molecule has 5 nitrogen and oxygen atoms in total. The molecule has 0 atom stereocenters. The van der Waals surface area contributed by atoms with Gasteiger partial charge < -0.3 is 10.4 Å². The lowest BCUT2D eigenvalue weighted by atomic mass is 9.72. The normalized spacial score (nSPS) is 15.4. The first-order valence-corrected chi connectivity index (χ1v) is 7.75. The summed E-state index contributed by atoms with van der Waals surface area (Å²) in [5.74, 6) is -1.89. The summed E-state index contributed by atoms with van der Waals surface area (Å²) >= 11 is 0. The Bertz CT molecular complexity index is 787. The maximum atomic E-state index is 13.4. The van der Waals surface area contributed by atoms with E-state index in [-0.39, 0.29) is 17.2 Å². The summed E-state index contributed by atoms with van der Waals surface area (Å²) in [7, 11) is 0. The molecule has 1 fully saturated rings. The first-order valence-electron chi connectivity index (χ1n) is 7.75. The van der Waals surface area contributed by atoms with E-state index in [1.165, 1.54) is 30.3 Å². The fourth-order valence-corrected chi connectivity index (χ4v) is 2.97. The SMILES string of the molecule is O=C(O)c1cccc(C(=O)NC2(Cc3cccc(F)c3)CCC2)n1. The van der Waals surface area contributed by atoms with Crippen LogP contribution in [0.4, 0.5) is 4.39 Å². The molecule has 2 N–H and O–H groups in total. The van der Waals surface area contributed by atoms with Gasteiger partial charge in [0, 0.05) is 5.54 Å². The molecule has 0 spiro atoms. The Morgan fingerprint density at radius 3 is 2.50 bits per heavy atom. The number of nitrogens with one attached hydrogen (secondary N) is 1. The van der Waals surface area contributed by atoms with Gasteiger partial charge in [-0.15, -0.1) is 0 Å². The number of carboxylic acids is 1. The fourth-order valence-electron chi connectivity index (χ4n) is 2.97. The first-order chi connectivity index (χ1) is 11.5. The van der Waals surface area contributed by atoms with Gasteiger partial charge in [0.05, 0.1) is 0 Å². The molecule has 0 bridgehead atoms. The van der Waals surface area contributed by atoms with Crippen molar-refractivity contribution in [1.29, 1.82) is 0 Å². The van der Waals surface area contributed by atoms with Crippen LogP contribution >= 0.6 is 0 Å². The number of carboxylic acid groups (broad SMARTS) is 1. The van der Waals surface area contributed by atoms with Gasteiger partial charge >= 0.3 is 5.97 Å². The number of benzene rings is 1. The number of aromatic nitrogens is 1. The lowest BCUT2D eigenvalue weighted by molar-refractivity contribution is 0.0690. The lowest BCUT2D eigenvalue weighted by Crippen LogP contribution is -2.55. The zero-order valence-corrected chi connectivity index (χ0v) is 13.0. The molecule has 1 saturated carbocycles. The fraction of sp³-hybridized carbons (Fsp3) is 0.278. The van der Waals surface area contributed by atoms with Gasteiger partial charge in [-0.05, 0) is 55.5 Å². The van der Waals surface area contributed by atoms with Gasteiger partial charge in [-0.25, -0.2) is 14.2 Å². The minimum Gasteiger partial charge on any atom is -0.477 e. The zero-order chi connectivity index (χ0) is 17.2. The molecular formula is C18H17FN2O3. The van der Waals surface area contributed by atoms with Crippen molar-refractivity contribution in [2.45, 2.75) is 31.2 Å². The molecule has 1 aliphatic carbocycles. The van der Waals surface area contributed by atoms with Gasteiger partial charge in [-0.3, -0.25) is 4.79 Å². The zero-order valence-electron chi connectivity index (χ0n) is 13.0. The van der Waals surface area contributed by atoms with Crippen molar-refractivity contribution in [2.75, 3.05) is 0 Å². The predicted octanol–water partition coefficient (Wildman–Crippen LogP) is 2.81. The lowest BCUT2D eigenvalue weighted by Gasteiger charge is -2.42. The molecule has 1 heterocycles. The number of pyridine rings is 1. The third-order valence-corrected chi connectivity index (χ3v) is 4.32. The summed E-state index contributed by atoms with van der Waals surface area (Å²) in [6.07, 6.45) is 3.12. The number of carbonyl (C=O) groups excluding carboxylic acids is 1. The number of amides is 1. The van der Waals surface area contributed by atoms with Crippen molar-refractivity contribution in [3.05, 3.63) is 65.2 Å². The number of aromatic carboxylic acids is 1. The summed E-state index contributed by atoms with van der Waals surface area (Å²) < 4.78 is 13.4. The van der Waals surface area contributed by atoms with Crippen molar-refractivity contribution in [1.82, 2.24) is 10.3 Å². The molecule has 6 heteroatoms. The molecule has 1 aromatic heterocycles. The van der Waals surface area contributed by atoms with Gasteiger partial charge in [0.15, 0.2) is 0 Å². The van der Waals surface area contributed by atoms with E-state index in [9.17, 15) is 14.0 Å². The van der Waals surface area contributed by atoms with Crippen molar-refractivity contribution in [2.24, 2.45) is 0 Å². The highest BCUT2D eigenvalue weighted by atomic mass is 19.1. The predicted molar refractivity (Wildman–Crippen MR) is 85.3 cm³/mol. The van der Waals surface area contributed by atoms with Gasteiger partial charge in [0.25, 0.3) is 5.91 Å². The van der Waals surface area contributed by atoms with Crippen molar-refractivity contribution in [3.8, 4) is 0 Å². The smallest absolute Gasteiger partial charge is 0.354 e. The van der Waals surface area contributed by atoms with E-state index in [0.29, 0.717) is 6.42 Å². The highest BCUT2D eigenvalue weighted by molar-refractivity contribution is 5.94. The van der Waals surface area contributed by atoms with Crippen molar-refractivity contribution >= 4 is 11.9 Å². The summed E-state index contributed by atoms with van der Waals surface area (Å²) in [4.78, 5) is 27.3. The molecule has 1 amide bonds. The molecule has 0 aliphatic heterocycles. The van der Waals surface area contributed by atoms with Crippen LogP contribution in [0.2, 0.25) is 0 Å². The van der Waals surface area contributed by atoms with Gasteiger partial charge in [0.2, 0.25) is 0 Å². The molecule has 1 aromatic carbocycles. The summed E-state index contributed by atoms with van der Waals surface area (Å²) in [5.41, 5.74) is 0.296. The number of carbonyl (C=O) groups is 2. The largest absolute Gasteiger partial charge is 0.477 e. The summed E-state index contributed by atoms with van der Waals surface area (Å²) in [6.45, 7) is 0. The van der Waals surface area contributed by atoms with Crippen LogP contribution < -0.4 is 5.32 Å². The van der Waals surface area contributed by atoms with E-state index in [0.717, 1.165) is 24.8 Å². The second-order valence-corrected chi connectivity index (χ2v) is 6.11. The Morgan fingerprint density at radius 1 is 1.17 bits per heavy atom. The summed E-state index contributed by atoms with van der Waals surface area (Å²) in [5, 5.41) is 11.9. The Kier molecular flexibility index (Phi) is 4.29. The maximum absolute atomic E-state index is 13.4. The average molecular weight is 328 g/mol. The number of rotatable bonds is 5. The topological polar surface area (TPSA) is 79.3 Å². The highest BCUT2D eigenvalue weighted by Gasteiger charge is 2.38. The monoisotopic (exact) mass is 328 g/mol. The van der Waals surface area contributed by atoms with Crippen molar-refractivity contribution in [3.63, 3.8) is 0 Å². The highest BCUT2D eigenvalue weighted by Crippen LogP contribution is 2.35. The number of nitrogens with zero attached hydrogens (tertiary/aromatic N) is 1. The Labute approximate surface area is 138 Å². The molecule has 3 rings (SSSR count). The molecule has 0 radical (unpaired) electrons. The van der Waals surface area contributed by atoms with Crippen LogP contribution in [0.3, 0.4) is 0 Å². The second kappa shape index (κ2) is 6.39. The van der Waals surface area contributed by atoms with Crippen LogP contribution in [-0.2, 0) is 6.42 Å². The van der Waals surface area contributed by atoms with Crippen LogP contribution in [-0.4, -0.2) is 27.5 Å². The maximum Gasteiger partial charge on any atom is 0.354 e. The van der Waals surface area contributed by atoms with E-state index in [1.54, 1.807) is 6.07 Å². The Hall–Kier alpha value is -2.76. The van der Waals surface area contributed by atoms with E-state index < -0.39 is 17.4 Å². The Morgan fingerprint density at radius 2 is 1.88 bits per heavy atom. The molecule has 2 aromatic rings. The number of halogens is 1. The van der Waals surface area contributed by atoms with Gasteiger partial charge in [-0.1, -0.05) is 18.2 Å². The molecule has 0 unspecified atom stereocenters. The van der Waals surface area contributed by atoms with Crippen LogP contribution in [0, 0.1) is 5.82 Å². The summed E-state index contributed by atoms with van der Waals surface area (Å²) in [6, 6.07) is 10.6. The van der Waals surface area contributed by atoms with E-state index in [1.807, 2.05) is 6.07 Å². The van der Waals surface area contributed by atoms with Gasteiger partial charge in [0.1, 0.15) is 17.2 Å². The molecular weight excluding hydrogens is 311 g/mol. The first kappa shape index (κ1) is 16.1.